The predicted molar refractivity (Wildman–Crippen MR) is 125 cm³/mol. The number of rotatable bonds is 5. The number of nitrogens with one attached hydrogen (secondary N) is 2. The molecule has 2 aromatic rings. The highest BCUT2D eigenvalue weighted by atomic mass is 16.5. The first-order chi connectivity index (χ1) is 15.5. The van der Waals surface area contributed by atoms with Gasteiger partial charge in [0.25, 0.3) is 5.91 Å². The highest BCUT2D eigenvalue weighted by Gasteiger charge is 2.32. The van der Waals surface area contributed by atoms with Crippen molar-refractivity contribution in [3.8, 4) is 11.3 Å². The monoisotopic (exact) mass is 454 g/mol. The molecule has 2 heterocycles. The molecule has 0 aliphatic carbocycles. The van der Waals surface area contributed by atoms with Crippen molar-refractivity contribution < 1.29 is 19.1 Å². The number of hydrogen-bond donors (Lipinski definition) is 2. The summed E-state index contributed by atoms with van der Waals surface area (Å²) in [5, 5.41) is 10.2. The number of amides is 3. The lowest BCUT2D eigenvalue weighted by Gasteiger charge is -2.32. The van der Waals surface area contributed by atoms with Crippen LogP contribution in [0.15, 0.2) is 29.3 Å². The first-order valence-electron chi connectivity index (χ1n) is 10.6. The lowest BCUT2D eigenvalue weighted by Crippen LogP contribution is -2.49. The van der Waals surface area contributed by atoms with E-state index in [1.54, 1.807) is 35.0 Å². The Morgan fingerprint density at radius 1 is 1.30 bits per heavy atom. The lowest BCUT2D eigenvalue weighted by molar-refractivity contribution is -0.129. The van der Waals surface area contributed by atoms with Gasteiger partial charge in [0, 0.05) is 30.8 Å². The van der Waals surface area contributed by atoms with Crippen molar-refractivity contribution in [1.82, 2.24) is 20.0 Å². The van der Waals surface area contributed by atoms with Gasteiger partial charge in [0.15, 0.2) is 0 Å². The van der Waals surface area contributed by atoms with Crippen molar-refractivity contribution in [1.29, 1.82) is 0 Å². The van der Waals surface area contributed by atoms with Gasteiger partial charge in [-0.2, -0.15) is 5.10 Å². The van der Waals surface area contributed by atoms with E-state index in [-0.39, 0.29) is 24.5 Å². The highest BCUT2D eigenvalue weighted by molar-refractivity contribution is 5.97. The van der Waals surface area contributed by atoms with Crippen LogP contribution in [0.1, 0.15) is 49.8 Å². The molecule has 0 spiro atoms. The van der Waals surface area contributed by atoms with Gasteiger partial charge in [-0.25, -0.2) is 4.79 Å². The van der Waals surface area contributed by atoms with Crippen molar-refractivity contribution >= 4 is 29.8 Å². The van der Waals surface area contributed by atoms with Gasteiger partial charge in [0.05, 0.1) is 31.2 Å². The molecular formula is C23H30N6O4. The molecule has 0 fully saturated rings. The molecule has 3 amide bonds. The Bertz CT molecular complexity index is 1100. The van der Waals surface area contributed by atoms with E-state index in [4.69, 9.17) is 4.74 Å². The van der Waals surface area contributed by atoms with Gasteiger partial charge in [0.2, 0.25) is 5.91 Å². The number of hydrogen-bond acceptors (Lipinski definition) is 6. The van der Waals surface area contributed by atoms with E-state index >= 15 is 0 Å². The molecule has 1 aliphatic heterocycles. The average molecular weight is 455 g/mol. The van der Waals surface area contributed by atoms with Gasteiger partial charge in [-0.15, -0.1) is 0 Å². The van der Waals surface area contributed by atoms with Crippen LogP contribution >= 0.6 is 0 Å². The third kappa shape index (κ3) is 5.21. The van der Waals surface area contributed by atoms with Crippen molar-refractivity contribution in [2.75, 3.05) is 32.7 Å². The first kappa shape index (κ1) is 24.0. The number of aromatic nitrogens is 2. The Morgan fingerprint density at radius 2 is 2.03 bits per heavy atom. The quantitative estimate of drug-likeness (QED) is 0.674. The topological polar surface area (TPSA) is 118 Å². The van der Waals surface area contributed by atoms with Gasteiger partial charge in [-0.3, -0.25) is 24.6 Å². The van der Waals surface area contributed by atoms with Crippen LogP contribution in [0.5, 0.6) is 0 Å². The third-order valence-electron chi connectivity index (χ3n) is 5.28. The fraction of sp³-hybridized carbons (Fsp3) is 0.435. The molecule has 2 N–H and O–H groups in total. The summed E-state index contributed by atoms with van der Waals surface area (Å²) in [7, 11) is 2.95. The summed E-state index contributed by atoms with van der Waals surface area (Å²) in [6.07, 6.45) is 1.05. The Morgan fingerprint density at radius 3 is 2.67 bits per heavy atom. The number of benzene rings is 1. The van der Waals surface area contributed by atoms with Gasteiger partial charge >= 0.3 is 6.09 Å². The number of methoxy groups -OCH3 is 1. The van der Waals surface area contributed by atoms with Crippen LogP contribution in [0.25, 0.3) is 11.3 Å². The third-order valence-corrected chi connectivity index (χ3v) is 5.28. The molecule has 1 aromatic carbocycles. The molecule has 33 heavy (non-hydrogen) atoms. The summed E-state index contributed by atoms with van der Waals surface area (Å²) in [6, 6.07) is 7.02. The summed E-state index contributed by atoms with van der Waals surface area (Å²) in [4.78, 5) is 42.8. The number of anilines is 1. The maximum absolute atomic E-state index is 13.1. The van der Waals surface area contributed by atoms with E-state index in [0.717, 1.165) is 5.56 Å². The summed E-state index contributed by atoms with van der Waals surface area (Å²) < 4.78 is 6.42. The van der Waals surface area contributed by atoms with E-state index in [0.29, 0.717) is 29.2 Å². The Labute approximate surface area is 193 Å². The number of fused-ring (bicyclic) bond motifs is 1. The zero-order valence-corrected chi connectivity index (χ0v) is 19.8. The zero-order chi connectivity index (χ0) is 24.3. The molecule has 10 heteroatoms. The van der Waals surface area contributed by atoms with E-state index < -0.39 is 11.5 Å². The van der Waals surface area contributed by atoms with Crippen LogP contribution in [0.2, 0.25) is 0 Å². The summed E-state index contributed by atoms with van der Waals surface area (Å²) in [5.74, 6) is -0.352. The number of carbonyl (C=O) groups is 3. The molecule has 10 nitrogen and oxygen atoms in total. The molecule has 1 atom stereocenters. The first-order valence-corrected chi connectivity index (χ1v) is 10.6. The van der Waals surface area contributed by atoms with E-state index in [2.05, 4.69) is 20.7 Å². The number of ether oxygens (including phenoxy) is 1. The summed E-state index contributed by atoms with van der Waals surface area (Å²) in [5.41, 5.74) is 2.33. The zero-order valence-electron chi connectivity index (χ0n) is 19.8. The maximum atomic E-state index is 13.1. The van der Waals surface area contributed by atoms with Crippen LogP contribution in [-0.2, 0) is 9.53 Å². The molecule has 1 aliphatic rings. The molecule has 0 saturated heterocycles. The molecule has 3 rings (SSSR count). The van der Waals surface area contributed by atoms with Crippen molar-refractivity contribution in [2.45, 2.75) is 33.7 Å². The summed E-state index contributed by atoms with van der Waals surface area (Å²) >= 11 is 0. The van der Waals surface area contributed by atoms with Crippen LogP contribution in [-0.4, -0.2) is 66.2 Å². The molecule has 0 bridgehead atoms. The Hall–Kier alpha value is -3.69. The minimum absolute atomic E-state index is 0.0958. The van der Waals surface area contributed by atoms with Crippen molar-refractivity contribution in [3.05, 3.63) is 35.5 Å². The SMILES string of the molecule is CN=Cc1ccc(-c2cc3n(n2)[C@@H](C)CN(CNC(=O)C(C)(C)C)C3=O)c(NC(=O)OC)c1. The van der Waals surface area contributed by atoms with Crippen molar-refractivity contribution in [3.63, 3.8) is 0 Å². The number of nitrogens with zero attached hydrogens (tertiary/aromatic N) is 4. The molecule has 1 aromatic heterocycles. The second-order valence-corrected chi connectivity index (χ2v) is 8.96. The molecule has 0 radical (unpaired) electrons. The Balaban J connectivity index is 1.92. The van der Waals surface area contributed by atoms with Gasteiger partial charge < -0.3 is 15.0 Å². The highest BCUT2D eigenvalue weighted by Crippen LogP contribution is 2.31. The summed E-state index contributed by atoms with van der Waals surface area (Å²) in [6.45, 7) is 7.96. The fourth-order valence-corrected chi connectivity index (χ4v) is 3.51. The maximum Gasteiger partial charge on any atom is 0.411 e. The van der Waals surface area contributed by atoms with Crippen LogP contribution < -0.4 is 10.6 Å². The average Bonchev–Trinajstić information content (AvgIpc) is 3.21. The fourth-order valence-electron chi connectivity index (χ4n) is 3.51. The van der Waals surface area contributed by atoms with Gasteiger partial charge in [-0.05, 0) is 30.7 Å². The molecule has 0 saturated carbocycles. The second-order valence-electron chi connectivity index (χ2n) is 8.96. The van der Waals surface area contributed by atoms with Gasteiger partial charge in [0.1, 0.15) is 5.69 Å². The number of aliphatic imine (C=N–C) groups is 1. The predicted octanol–water partition coefficient (Wildman–Crippen LogP) is 2.91. The van der Waals surface area contributed by atoms with Crippen LogP contribution in [0, 0.1) is 5.41 Å². The standard InChI is InChI=1S/C23H30N6O4/c1-14-12-28(13-25-21(31)23(2,3)4)20(30)19-10-18(27-29(14)19)16-8-7-15(11-24-5)9-17(16)26-22(32)33-6/h7-11,14H,12-13H2,1-6H3,(H,25,31)(H,26,32)/t14-/m0/s1. The van der Waals surface area contributed by atoms with Crippen LogP contribution in [0.3, 0.4) is 0 Å². The van der Waals surface area contributed by atoms with E-state index in [9.17, 15) is 14.4 Å². The molecule has 0 unspecified atom stereocenters. The second kappa shape index (κ2) is 9.43. The number of carbonyl (C=O) groups excluding carboxylic acids is 3. The smallest absolute Gasteiger partial charge is 0.411 e. The normalized spacial score (nSPS) is 16.0. The molecular weight excluding hydrogens is 424 g/mol. The Kier molecular flexibility index (Phi) is 6.85. The largest absolute Gasteiger partial charge is 0.453 e. The minimum Gasteiger partial charge on any atom is -0.453 e. The van der Waals surface area contributed by atoms with Crippen LogP contribution in [0.4, 0.5) is 10.5 Å². The van der Waals surface area contributed by atoms with E-state index in [1.807, 2.05) is 39.8 Å². The minimum atomic E-state index is -0.615. The van der Waals surface area contributed by atoms with E-state index in [1.165, 1.54) is 7.11 Å². The van der Waals surface area contributed by atoms with Crippen molar-refractivity contribution in [2.24, 2.45) is 10.4 Å². The lowest BCUT2D eigenvalue weighted by atomic mass is 9.96. The van der Waals surface area contributed by atoms with Gasteiger partial charge in [-0.1, -0.05) is 26.8 Å². The molecule has 176 valence electrons.